The number of aromatic nitrogens is 2. The molecule has 0 aliphatic rings. The molecule has 0 aliphatic carbocycles. The maximum Gasteiger partial charge on any atom is 0.0851 e. The van der Waals surface area contributed by atoms with Gasteiger partial charge in [-0.1, -0.05) is 18.2 Å². The number of hydrogen-bond donors (Lipinski definition) is 0. The normalized spacial score (nSPS) is 10.5. The zero-order chi connectivity index (χ0) is 6.97. The summed E-state index contributed by atoms with van der Waals surface area (Å²) in [6.07, 6.45) is 1.86. The number of nitrogens with zero attached hydrogens (tertiary/aromatic N) is 2. The second-order valence-corrected chi connectivity index (χ2v) is 2.98. The summed E-state index contributed by atoms with van der Waals surface area (Å²) >= 11 is 2.16. The topological polar surface area (TPSA) is 17.8 Å². The molecule has 2 rings (SSSR count). The van der Waals surface area contributed by atoms with Crippen molar-refractivity contribution >= 4 is 33.8 Å². The lowest BCUT2D eigenvalue weighted by Crippen LogP contribution is -1.77. The number of para-hydroxylation sites is 1. The maximum atomic E-state index is 4.10. The van der Waals surface area contributed by atoms with Crippen LogP contribution in [-0.4, -0.2) is 7.99 Å². The Morgan fingerprint density at radius 2 is 2.10 bits per heavy atom. The summed E-state index contributed by atoms with van der Waals surface area (Å²) in [5.41, 5.74) is 1.17. The molecular weight excluding hydrogens is 239 g/mol. The molecule has 0 saturated heterocycles. The minimum absolute atomic E-state index is 1.17. The van der Waals surface area contributed by atoms with E-state index in [0.29, 0.717) is 0 Å². The molecule has 2 nitrogen and oxygen atoms in total. The van der Waals surface area contributed by atoms with Crippen molar-refractivity contribution in [3.8, 4) is 0 Å². The van der Waals surface area contributed by atoms with Crippen molar-refractivity contribution < 1.29 is 0 Å². The van der Waals surface area contributed by atoms with Crippen molar-refractivity contribution in [2.24, 2.45) is 0 Å². The van der Waals surface area contributed by atoms with Crippen LogP contribution in [0.25, 0.3) is 10.9 Å². The van der Waals surface area contributed by atoms with Crippen LogP contribution in [0.5, 0.6) is 0 Å². The first-order chi connectivity index (χ1) is 4.88. The summed E-state index contributed by atoms with van der Waals surface area (Å²) in [6.45, 7) is 0. The van der Waals surface area contributed by atoms with Crippen LogP contribution in [0.4, 0.5) is 0 Å². The van der Waals surface area contributed by atoms with Gasteiger partial charge in [-0.3, -0.25) is 0 Å². The highest BCUT2D eigenvalue weighted by atomic mass is 127. The van der Waals surface area contributed by atoms with Crippen molar-refractivity contribution in [1.82, 2.24) is 7.99 Å². The Bertz CT molecular complexity index is 353. The molecule has 0 amide bonds. The molecule has 3 heteroatoms. The molecule has 0 bridgehead atoms. The average Bonchev–Trinajstić information content (AvgIpc) is 2.34. The summed E-state index contributed by atoms with van der Waals surface area (Å²) in [5, 5.41) is 5.29. The maximum absolute atomic E-state index is 4.10. The lowest BCUT2D eigenvalue weighted by molar-refractivity contribution is 1.09. The van der Waals surface area contributed by atoms with Crippen LogP contribution in [-0.2, 0) is 0 Å². The summed E-state index contributed by atoms with van der Waals surface area (Å²) in [5.74, 6) is 0. The van der Waals surface area contributed by atoms with Gasteiger partial charge in [0.1, 0.15) is 0 Å². The van der Waals surface area contributed by atoms with Crippen molar-refractivity contribution in [2.75, 3.05) is 0 Å². The van der Waals surface area contributed by atoms with Gasteiger partial charge in [0, 0.05) is 5.39 Å². The van der Waals surface area contributed by atoms with Gasteiger partial charge >= 0.3 is 0 Å². The van der Waals surface area contributed by atoms with Crippen molar-refractivity contribution in [3.63, 3.8) is 0 Å². The van der Waals surface area contributed by atoms with Crippen molar-refractivity contribution in [2.45, 2.75) is 0 Å². The fourth-order valence-electron chi connectivity index (χ4n) is 0.940. The molecule has 0 spiro atoms. The number of halogens is 1. The van der Waals surface area contributed by atoms with Crippen LogP contribution in [0.15, 0.2) is 30.5 Å². The Hall–Kier alpha value is -0.580. The molecule has 0 saturated carbocycles. The van der Waals surface area contributed by atoms with E-state index in [1.54, 1.807) is 0 Å². The molecule has 50 valence electrons. The minimum atomic E-state index is 1.17. The second kappa shape index (κ2) is 2.23. The Balaban J connectivity index is 2.93. The van der Waals surface area contributed by atoms with Crippen LogP contribution in [0.1, 0.15) is 0 Å². The molecule has 0 fully saturated rings. The zero-order valence-corrected chi connectivity index (χ0v) is 7.32. The van der Waals surface area contributed by atoms with Gasteiger partial charge in [0.05, 0.1) is 34.6 Å². The molecule has 0 atom stereocenters. The Kier molecular flexibility index (Phi) is 1.37. The zero-order valence-electron chi connectivity index (χ0n) is 5.16. The van der Waals surface area contributed by atoms with Gasteiger partial charge in [0.2, 0.25) is 0 Å². The van der Waals surface area contributed by atoms with Crippen LogP contribution in [0, 0.1) is 0 Å². The predicted molar refractivity (Wildman–Crippen MR) is 49.2 cm³/mol. The van der Waals surface area contributed by atoms with Crippen LogP contribution in [0.3, 0.4) is 0 Å². The molecule has 0 N–H and O–H groups in total. The smallest absolute Gasteiger partial charge is 0.0851 e. The molecular formula is C7H5IN2. The quantitative estimate of drug-likeness (QED) is 0.650. The molecule has 1 heterocycles. The summed E-state index contributed by atoms with van der Waals surface area (Å²) in [6, 6.07) is 8.13. The van der Waals surface area contributed by atoms with E-state index in [-0.39, 0.29) is 0 Å². The third-order valence-corrected chi connectivity index (χ3v) is 2.20. The van der Waals surface area contributed by atoms with Crippen LogP contribution >= 0.6 is 22.9 Å². The molecule has 1 aromatic heterocycles. The van der Waals surface area contributed by atoms with Gasteiger partial charge in [-0.2, -0.15) is 5.10 Å². The highest BCUT2D eigenvalue weighted by Crippen LogP contribution is 2.13. The lowest BCUT2D eigenvalue weighted by Gasteiger charge is -1.87. The molecule has 2 aromatic rings. The number of rotatable bonds is 0. The second-order valence-electron chi connectivity index (χ2n) is 2.06. The fourth-order valence-corrected chi connectivity index (χ4v) is 1.50. The Morgan fingerprint density at radius 3 is 2.90 bits per heavy atom. The molecule has 1 aromatic carbocycles. The monoisotopic (exact) mass is 244 g/mol. The highest BCUT2D eigenvalue weighted by Gasteiger charge is 1.95. The van der Waals surface area contributed by atoms with E-state index in [4.69, 9.17) is 0 Å². The Labute approximate surface area is 72.3 Å². The van der Waals surface area contributed by atoms with E-state index in [0.717, 1.165) is 0 Å². The third-order valence-electron chi connectivity index (χ3n) is 1.43. The summed E-state index contributed by atoms with van der Waals surface area (Å²) < 4.78 is 1.84. The molecule has 0 aliphatic heterocycles. The molecule has 10 heavy (non-hydrogen) atoms. The molecule has 0 unspecified atom stereocenters. The first kappa shape index (κ1) is 6.15. The first-order valence-electron chi connectivity index (χ1n) is 2.97. The molecule has 0 radical (unpaired) electrons. The highest BCUT2D eigenvalue weighted by molar-refractivity contribution is 14.1. The van der Waals surface area contributed by atoms with Crippen molar-refractivity contribution in [1.29, 1.82) is 0 Å². The average molecular weight is 244 g/mol. The number of benzene rings is 1. The van der Waals surface area contributed by atoms with E-state index in [2.05, 4.69) is 40.1 Å². The number of fused-ring (bicyclic) bond motifs is 1. The van der Waals surface area contributed by atoms with E-state index in [9.17, 15) is 0 Å². The van der Waals surface area contributed by atoms with E-state index >= 15 is 0 Å². The predicted octanol–water partition coefficient (Wildman–Crippen LogP) is 2.23. The van der Waals surface area contributed by atoms with Gasteiger partial charge in [-0.25, -0.2) is 2.90 Å². The van der Waals surface area contributed by atoms with Gasteiger partial charge in [0.15, 0.2) is 0 Å². The number of hydrogen-bond acceptors (Lipinski definition) is 1. The Morgan fingerprint density at radius 1 is 1.30 bits per heavy atom. The lowest BCUT2D eigenvalue weighted by atomic mass is 10.3. The SMILES string of the molecule is In1ncc2ccccc21. The van der Waals surface area contributed by atoms with Gasteiger partial charge in [-0.15, -0.1) is 0 Å². The van der Waals surface area contributed by atoms with Gasteiger partial charge in [0.25, 0.3) is 0 Å². The van der Waals surface area contributed by atoms with Crippen LogP contribution < -0.4 is 0 Å². The summed E-state index contributed by atoms with van der Waals surface area (Å²) in [4.78, 5) is 0. The van der Waals surface area contributed by atoms with Gasteiger partial charge in [-0.05, 0) is 6.07 Å². The first-order valence-corrected chi connectivity index (χ1v) is 3.93. The van der Waals surface area contributed by atoms with Crippen molar-refractivity contribution in [3.05, 3.63) is 30.5 Å². The van der Waals surface area contributed by atoms with E-state index in [1.807, 2.05) is 21.2 Å². The van der Waals surface area contributed by atoms with E-state index in [1.165, 1.54) is 10.9 Å². The van der Waals surface area contributed by atoms with Crippen LogP contribution in [0.2, 0.25) is 0 Å². The standard InChI is InChI=1S/C7H5IN2/c8-10-7-4-2-1-3-6(7)5-9-10/h1-5H. The largest absolute Gasteiger partial charge is 0.204 e. The third kappa shape index (κ3) is 0.811. The fraction of sp³-hybridized carbons (Fsp3) is 0. The summed E-state index contributed by atoms with van der Waals surface area (Å²) in [7, 11) is 0. The van der Waals surface area contributed by atoms with E-state index < -0.39 is 0 Å². The van der Waals surface area contributed by atoms with Gasteiger partial charge < -0.3 is 0 Å². The minimum Gasteiger partial charge on any atom is -0.204 e.